The zero-order chi connectivity index (χ0) is 12.5. The number of rotatable bonds is 6. The minimum Gasteiger partial charge on any atom is -0.481 e. The summed E-state index contributed by atoms with van der Waals surface area (Å²) >= 11 is 0. The lowest BCUT2D eigenvalue weighted by Crippen LogP contribution is -2.33. The highest BCUT2D eigenvalue weighted by atomic mass is 16.4. The van der Waals surface area contributed by atoms with Crippen molar-refractivity contribution in [1.82, 2.24) is 9.80 Å². The number of carboxylic acid groups (broad SMARTS) is 1. The average Bonchev–Trinajstić information content (AvgIpc) is 2.92. The van der Waals surface area contributed by atoms with Crippen LogP contribution in [0, 0.1) is 11.3 Å². The van der Waals surface area contributed by atoms with Crippen LogP contribution in [0.3, 0.4) is 0 Å². The number of hydrogen-bond acceptors (Lipinski definition) is 3. The molecule has 98 valence electrons. The fourth-order valence-electron chi connectivity index (χ4n) is 2.85. The van der Waals surface area contributed by atoms with Crippen LogP contribution < -0.4 is 0 Å². The van der Waals surface area contributed by atoms with Gasteiger partial charge in [0.15, 0.2) is 0 Å². The summed E-state index contributed by atoms with van der Waals surface area (Å²) in [4.78, 5) is 15.7. The van der Waals surface area contributed by atoms with Crippen molar-refractivity contribution in [2.75, 3.05) is 40.3 Å². The Morgan fingerprint density at radius 2 is 2.24 bits per heavy atom. The lowest BCUT2D eigenvalue weighted by Gasteiger charge is -2.22. The molecule has 4 nitrogen and oxygen atoms in total. The van der Waals surface area contributed by atoms with Crippen molar-refractivity contribution in [2.45, 2.75) is 25.7 Å². The van der Waals surface area contributed by atoms with Crippen LogP contribution in [0.25, 0.3) is 0 Å². The fraction of sp³-hybridized carbons (Fsp3) is 0.923. The Balaban J connectivity index is 1.68. The Bertz CT molecular complexity index is 289. The molecule has 0 bridgehead atoms. The lowest BCUT2D eigenvalue weighted by molar-refractivity contribution is -0.144. The van der Waals surface area contributed by atoms with Gasteiger partial charge in [-0.3, -0.25) is 4.79 Å². The second kappa shape index (κ2) is 4.94. The van der Waals surface area contributed by atoms with E-state index >= 15 is 0 Å². The first-order valence-corrected chi connectivity index (χ1v) is 6.62. The Labute approximate surface area is 104 Å². The van der Waals surface area contributed by atoms with Gasteiger partial charge in [-0.2, -0.15) is 0 Å². The minimum atomic E-state index is -0.607. The third-order valence-corrected chi connectivity index (χ3v) is 4.29. The maximum atomic E-state index is 11.1. The first-order chi connectivity index (χ1) is 8.02. The molecule has 2 fully saturated rings. The standard InChI is InChI=1S/C13H24N2O2/c1-14-7-3-11(9-14)4-8-15(2)10-13(5-6-13)12(16)17/h11H,3-10H2,1-2H3,(H,16,17). The molecule has 1 heterocycles. The Morgan fingerprint density at radius 1 is 1.53 bits per heavy atom. The van der Waals surface area contributed by atoms with E-state index in [0.29, 0.717) is 0 Å². The number of hydrogen-bond donors (Lipinski definition) is 1. The summed E-state index contributed by atoms with van der Waals surface area (Å²) in [6.07, 6.45) is 4.22. The first kappa shape index (κ1) is 12.8. The highest BCUT2D eigenvalue weighted by Crippen LogP contribution is 2.46. The van der Waals surface area contributed by atoms with Crippen LogP contribution >= 0.6 is 0 Å². The maximum absolute atomic E-state index is 11.1. The molecule has 0 aromatic carbocycles. The van der Waals surface area contributed by atoms with Gasteiger partial charge in [0, 0.05) is 13.1 Å². The molecule has 1 saturated carbocycles. The summed E-state index contributed by atoms with van der Waals surface area (Å²) in [6, 6.07) is 0. The molecule has 0 aromatic heterocycles. The van der Waals surface area contributed by atoms with E-state index in [9.17, 15) is 4.79 Å². The zero-order valence-corrected chi connectivity index (χ0v) is 11.0. The summed E-state index contributed by atoms with van der Waals surface area (Å²) in [7, 11) is 4.23. The van der Waals surface area contributed by atoms with Gasteiger partial charge in [-0.15, -0.1) is 0 Å². The van der Waals surface area contributed by atoms with Crippen LogP contribution in [0.1, 0.15) is 25.7 Å². The summed E-state index contributed by atoms with van der Waals surface area (Å²) in [5.41, 5.74) is -0.402. The summed E-state index contributed by atoms with van der Waals surface area (Å²) in [5.74, 6) is 0.201. The van der Waals surface area contributed by atoms with Crippen LogP contribution in [-0.2, 0) is 4.79 Å². The van der Waals surface area contributed by atoms with E-state index in [1.165, 1.54) is 25.9 Å². The molecule has 0 radical (unpaired) electrons. The predicted octanol–water partition coefficient (Wildman–Crippen LogP) is 1.12. The minimum absolute atomic E-state index is 0.402. The van der Waals surface area contributed by atoms with Gasteiger partial charge < -0.3 is 14.9 Å². The molecular weight excluding hydrogens is 216 g/mol. The van der Waals surface area contributed by atoms with Gasteiger partial charge in [-0.1, -0.05) is 0 Å². The van der Waals surface area contributed by atoms with Crippen LogP contribution in [0.15, 0.2) is 0 Å². The van der Waals surface area contributed by atoms with Crippen LogP contribution in [0.2, 0.25) is 0 Å². The van der Waals surface area contributed by atoms with E-state index < -0.39 is 11.4 Å². The molecule has 4 heteroatoms. The molecule has 1 atom stereocenters. The average molecular weight is 240 g/mol. The SMILES string of the molecule is CN1CCC(CCN(C)CC2(C(=O)O)CC2)C1. The number of carbonyl (C=O) groups is 1. The quantitative estimate of drug-likeness (QED) is 0.756. The topological polar surface area (TPSA) is 43.8 Å². The van der Waals surface area contributed by atoms with Crippen LogP contribution in [0.5, 0.6) is 0 Å². The van der Waals surface area contributed by atoms with Crippen molar-refractivity contribution in [3.8, 4) is 0 Å². The van der Waals surface area contributed by atoms with Gasteiger partial charge >= 0.3 is 5.97 Å². The molecule has 1 saturated heterocycles. The van der Waals surface area contributed by atoms with E-state index in [1.807, 2.05) is 0 Å². The summed E-state index contributed by atoms with van der Waals surface area (Å²) in [5, 5.41) is 9.13. The van der Waals surface area contributed by atoms with E-state index in [1.54, 1.807) is 0 Å². The molecule has 2 rings (SSSR count). The van der Waals surface area contributed by atoms with Gasteiger partial charge in [-0.25, -0.2) is 0 Å². The number of likely N-dealkylation sites (tertiary alicyclic amines) is 1. The molecule has 1 N–H and O–H groups in total. The molecule has 0 amide bonds. The van der Waals surface area contributed by atoms with Gasteiger partial charge in [0.05, 0.1) is 5.41 Å². The molecular formula is C13H24N2O2. The number of aliphatic carboxylic acids is 1. The first-order valence-electron chi connectivity index (χ1n) is 6.62. The van der Waals surface area contributed by atoms with Crippen molar-refractivity contribution in [2.24, 2.45) is 11.3 Å². The van der Waals surface area contributed by atoms with Gasteiger partial charge in [0.1, 0.15) is 0 Å². The fourth-order valence-corrected chi connectivity index (χ4v) is 2.85. The predicted molar refractivity (Wildman–Crippen MR) is 67.0 cm³/mol. The van der Waals surface area contributed by atoms with Crippen LogP contribution in [0.4, 0.5) is 0 Å². The molecule has 0 aromatic rings. The van der Waals surface area contributed by atoms with Crippen molar-refractivity contribution in [3.05, 3.63) is 0 Å². The highest BCUT2D eigenvalue weighted by Gasteiger charge is 2.50. The summed E-state index contributed by atoms with van der Waals surface area (Å²) in [6.45, 7) is 4.18. The molecule has 0 spiro atoms. The van der Waals surface area contributed by atoms with Crippen molar-refractivity contribution < 1.29 is 9.90 Å². The maximum Gasteiger partial charge on any atom is 0.310 e. The normalized spacial score (nSPS) is 27.6. The van der Waals surface area contributed by atoms with Crippen molar-refractivity contribution in [3.63, 3.8) is 0 Å². The summed E-state index contributed by atoms with van der Waals surface area (Å²) < 4.78 is 0. The molecule has 17 heavy (non-hydrogen) atoms. The Hall–Kier alpha value is -0.610. The van der Waals surface area contributed by atoms with Crippen LogP contribution in [-0.4, -0.2) is 61.2 Å². The molecule has 1 aliphatic heterocycles. The second-order valence-electron chi connectivity index (χ2n) is 6.03. The largest absolute Gasteiger partial charge is 0.481 e. The highest BCUT2D eigenvalue weighted by molar-refractivity contribution is 5.78. The van der Waals surface area contributed by atoms with E-state index in [4.69, 9.17) is 5.11 Å². The van der Waals surface area contributed by atoms with E-state index in [0.717, 1.165) is 31.8 Å². The van der Waals surface area contributed by atoms with Gasteiger partial charge in [0.2, 0.25) is 0 Å². The van der Waals surface area contributed by atoms with Gasteiger partial charge in [-0.05, 0) is 58.8 Å². The number of carboxylic acids is 1. The Kier molecular flexibility index (Phi) is 3.73. The zero-order valence-electron chi connectivity index (χ0n) is 11.0. The molecule has 2 aliphatic rings. The monoisotopic (exact) mass is 240 g/mol. The number of nitrogens with zero attached hydrogens (tertiary/aromatic N) is 2. The second-order valence-corrected chi connectivity index (χ2v) is 6.03. The Morgan fingerprint density at radius 3 is 2.71 bits per heavy atom. The molecule has 1 unspecified atom stereocenters. The molecule has 1 aliphatic carbocycles. The van der Waals surface area contributed by atoms with Crippen molar-refractivity contribution in [1.29, 1.82) is 0 Å². The van der Waals surface area contributed by atoms with Gasteiger partial charge in [0.25, 0.3) is 0 Å². The smallest absolute Gasteiger partial charge is 0.310 e. The van der Waals surface area contributed by atoms with E-state index in [-0.39, 0.29) is 0 Å². The third kappa shape index (κ3) is 3.19. The van der Waals surface area contributed by atoms with E-state index in [2.05, 4.69) is 23.9 Å². The lowest BCUT2D eigenvalue weighted by atomic mass is 10.0. The van der Waals surface area contributed by atoms with Crippen molar-refractivity contribution >= 4 is 5.97 Å². The third-order valence-electron chi connectivity index (χ3n) is 4.29.